The highest BCUT2D eigenvalue weighted by atomic mass is 35.5. The van der Waals surface area contributed by atoms with Gasteiger partial charge in [0.2, 0.25) is 0 Å². The molecular weight excluding hydrogens is 284 g/mol. The van der Waals surface area contributed by atoms with Crippen molar-refractivity contribution in [3.05, 3.63) is 11.1 Å². The standard InChI is InChI=1S/C12H20N4OS.ClH/c17-12(11-9-15-16-18-11)14-8-7-13-10-5-3-1-2-4-6-10;/h9-10,13H,1-8H2,(H,14,17);1H. The molecule has 0 saturated heterocycles. The van der Waals surface area contributed by atoms with Gasteiger partial charge in [0, 0.05) is 19.1 Å². The molecule has 7 heteroatoms. The van der Waals surface area contributed by atoms with E-state index in [4.69, 9.17) is 0 Å². The van der Waals surface area contributed by atoms with Gasteiger partial charge in [0.05, 0.1) is 6.20 Å². The Morgan fingerprint density at radius 3 is 2.63 bits per heavy atom. The van der Waals surface area contributed by atoms with Gasteiger partial charge in [-0.3, -0.25) is 4.79 Å². The summed E-state index contributed by atoms with van der Waals surface area (Å²) in [7, 11) is 0. The largest absolute Gasteiger partial charge is 0.350 e. The summed E-state index contributed by atoms with van der Waals surface area (Å²) in [5.74, 6) is -0.0762. The summed E-state index contributed by atoms with van der Waals surface area (Å²) in [5, 5.41) is 10.0. The van der Waals surface area contributed by atoms with Crippen molar-refractivity contribution in [2.75, 3.05) is 13.1 Å². The Bertz CT molecular complexity index is 353. The Morgan fingerprint density at radius 2 is 2.00 bits per heavy atom. The SMILES string of the molecule is Cl.O=C(NCCNC1CCCCCC1)c1cnns1. The van der Waals surface area contributed by atoms with E-state index >= 15 is 0 Å². The third kappa shape index (κ3) is 5.84. The highest BCUT2D eigenvalue weighted by Crippen LogP contribution is 2.16. The number of aromatic nitrogens is 2. The third-order valence-corrected chi connectivity index (χ3v) is 3.95. The molecule has 0 bridgehead atoms. The van der Waals surface area contributed by atoms with Gasteiger partial charge < -0.3 is 10.6 Å². The number of nitrogens with zero attached hydrogens (tertiary/aromatic N) is 2. The number of hydrogen-bond donors (Lipinski definition) is 2. The van der Waals surface area contributed by atoms with Gasteiger partial charge in [-0.15, -0.1) is 17.5 Å². The van der Waals surface area contributed by atoms with Crippen LogP contribution in [0.2, 0.25) is 0 Å². The fourth-order valence-electron chi connectivity index (χ4n) is 2.29. The molecular formula is C12H21ClN4OS. The Balaban J connectivity index is 0.00000180. The number of rotatable bonds is 5. The van der Waals surface area contributed by atoms with Gasteiger partial charge in [-0.2, -0.15) is 0 Å². The lowest BCUT2D eigenvalue weighted by Crippen LogP contribution is -2.36. The first-order valence-corrected chi connectivity index (χ1v) is 7.42. The van der Waals surface area contributed by atoms with Crippen molar-refractivity contribution in [1.29, 1.82) is 0 Å². The first-order valence-electron chi connectivity index (χ1n) is 6.65. The molecule has 1 aromatic heterocycles. The molecule has 0 aliphatic heterocycles. The van der Waals surface area contributed by atoms with Crippen LogP contribution in [-0.4, -0.2) is 34.6 Å². The molecule has 0 atom stereocenters. The van der Waals surface area contributed by atoms with Crippen molar-refractivity contribution in [3.63, 3.8) is 0 Å². The molecule has 1 saturated carbocycles. The summed E-state index contributed by atoms with van der Waals surface area (Å²) in [5.41, 5.74) is 0. The number of amides is 1. The molecule has 1 heterocycles. The number of carbonyl (C=O) groups excluding carboxylic acids is 1. The van der Waals surface area contributed by atoms with Crippen molar-refractivity contribution in [3.8, 4) is 0 Å². The molecule has 0 radical (unpaired) electrons. The van der Waals surface area contributed by atoms with Crippen LogP contribution >= 0.6 is 23.9 Å². The van der Waals surface area contributed by atoms with E-state index in [0.717, 1.165) is 18.1 Å². The van der Waals surface area contributed by atoms with Crippen LogP contribution in [0.1, 0.15) is 48.2 Å². The highest BCUT2D eigenvalue weighted by Gasteiger charge is 2.11. The molecule has 0 unspecified atom stereocenters. The maximum atomic E-state index is 11.6. The van der Waals surface area contributed by atoms with Crippen molar-refractivity contribution in [2.24, 2.45) is 0 Å². The van der Waals surface area contributed by atoms with Gasteiger partial charge in [0.25, 0.3) is 5.91 Å². The average Bonchev–Trinajstić information content (AvgIpc) is 2.80. The van der Waals surface area contributed by atoms with Gasteiger partial charge in [-0.25, -0.2) is 0 Å². The minimum absolute atomic E-state index is 0. The molecule has 0 spiro atoms. The lowest BCUT2D eigenvalue weighted by atomic mass is 10.1. The third-order valence-electron chi connectivity index (χ3n) is 3.28. The van der Waals surface area contributed by atoms with Gasteiger partial charge in [-0.05, 0) is 24.4 Å². The Kier molecular flexibility index (Phi) is 7.93. The Labute approximate surface area is 124 Å². The molecule has 1 aliphatic carbocycles. The predicted octanol–water partition coefficient (Wildman–Crippen LogP) is 2.00. The molecule has 2 N–H and O–H groups in total. The van der Waals surface area contributed by atoms with Crippen molar-refractivity contribution >= 4 is 29.8 Å². The van der Waals surface area contributed by atoms with E-state index in [-0.39, 0.29) is 18.3 Å². The summed E-state index contributed by atoms with van der Waals surface area (Å²) >= 11 is 1.13. The van der Waals surface area contributed by atoms with E-state index in [1.165, 1.54) is 44.7 Å². The second-order valence-corrected chi connectivity index (χ2v) is 5.47. The summed E-state index contributed by atoms with van der Waals surface area (Å²) in [4.78, 5) is 12.2. The molecule has 5 nitrogen and oxygen atoms in total. The number of nitrogens with one attached hydrogen (secondary N) is 2. The summed E-state index contributed by atoms with van der Waals surface area (Å²) in [6.45, 7) is 1.50. The lowest BCUT2D eigenvalue weighted by molar-refractivity contribution is 0.0957. The number of hydrogen-bond acceptors (Lipinski definition) is 5. The van der Waals surface area contributed by atoms with E-state index in [1.807, 2.05) is 0 Å². The van der Waals surface area contributed by atoms with Crippen LogP contribution in [0.5, 0.6) is 0 Å². The summed E-state index contributed by atoms with van der Waals surface area (Å²) in [6, 6.07) is 0.634. The summed E-state index contributed by atoms with van der Waals surface area (Å²) < 4.78 is 3.67. The molecule has 108 valence electrons. The number of carbonyl (C=O) groups is 1. The van der Waals surface area contributed by atoms with Crippen molar-refractivity contribution in [1.82, 2.24) is 20.2 Å². The fraction of sp³-hybridized carbons (Fsp3) is 0.750. The molecule has 2 rings (SSSR count). The van der Waals surface area contributed by atoms with Crippen LogP contribution in [0.15, 0.2) is 6.20 Å². The summed E-state index contributed by atoms with van der Waals surface area (Å²) in [6.07, 6.45) is 9.44. The molecule has 0 aromatic carbocycles. The van der Waals surface area contributed by atoms with Crippen LogP contribution in [0.25, 0.3) is 0 Å². The molecule has 1 fully saturated rings. The fourth-order valence-corrected chi connectivity index (χ4v) is 2.72. The first-order chi connectivity index (χ1) is 8.86. The zero-order valence-corrected chi connectivity index (χ0v) is 12.6. The second kappa shape index (κ2) is 9.23. The van der Waals surface area contributed by atoms with Crippen LogP contribution in [-0.2, 0) is 0 Å². The highest BCUT2D eigenvalue weighted by molar-refractivity contribution is 7.07. The van der Waals surface area contributed by atoms with E-state index < -0.39 is 0 Å². The van der Waals surface area contributed by atoms with Crippen LogP contribution in [0.3, 0.4) is 0 Å². The Morgan fingerprint density at radius 1 is 1.26 bits per heavy atom. The van der Waals surface area contributed by atoms with Gasteiger partial charge in [-0.1, -0.05) is 30.2 Å². The first kappa shape index (κ1) is 16.3. The van der Waals surface area contributed by atoms with E-state index in [0.29, 0.717) is 17.5 Å². The minimum atomic E-state index is -0.0762. The Hall–Kier alpha value is -0.720. The predicted molar refractivity (Wildman–Crippen MR) is 79.0 cm³/mol. The monoisotopic (exact) mass is 304 g/mol. The van der Waals surface area contributed by atoms with Crippen molar-refractivity contribution in [2.45, 2.75) is 44.6 Å². The van der Waals surface area contributed by atoms with E-state index in [2.05, 4.69) is 20.2 Å². The maximum absolute atomic E-state index is 11.6. The lowest BCUT2D eigenvalue weighted by Gasteiger charge is -2.16. The smallest absolute Gasteiger partial charge is 0.264 e. The molecule has 19 heavy (non-hydrogen) atoms. The van der Waals surface area contributed by atoms with Crippen LogP contribution in [0, 0.1) is 0 Å². The van der Waals surface area contributed by atoms with Gasteiger partial charge in [0.1, 0.15) is 4.88 Å². The van der Waals surface area contributed by atoms with Gasteiger partial charge in [0.15, 0.2) is 0 Å². The second-order valence-electron chi connectivity index (χ2n) is 4.68. The van der Waals surface area contributed by atoms with Crippen LogP contribution < -0.4 is 10.6 Å². The molecule has 1 aliphatic rings. The molecule has 1 amide bonds. The average molecular weight is 305 g/mol. The van der Waals surface area contributed by atoms with E-state index in [9.17, 15) is 4.79 Å². The quantitative estimate of drug-likeness (QED) is 0.645. The zero-order valence-electron chi connectivity index (χ0n) is 10.9. The van der Waals surface area contributed by atoms with Gasteiger partial charge >= 0.3 is 0 Å². The molecule has 1 aromatic rings. The zero-order chi connectivity index (χ0) is 12.6. The van der Waals surface area contributed by atoms with Crippen molar-refractivity contribution < 1.29 is 4.79 Å². The normalized spacial score (nSPS) is 16.4. The number of halogens is 1. The maximum Gasteiger partial charge on any atom is 0.264 e. The van der Waals surface area contributed by atoms with E-state index in [1.54, 1.807) is 0 Å². The van der Waals surface area contributed by atoms with Crippen LogP contribution in [0.4, 0.5) is 0 Å². The topological polar surface area (TPSA) is 66.9 Å². The minimum Gasteiger partial charge on any atom is -0.350 e.